The molecule has 2 fully saturated rings. The van der Waals surface area contributed by atoms with Crippen LogP contribution in [-0.4, -0.2) is 31.1 Å². The van der Waals surface area contributed by atoms with Gasteiger partial charge in [0.15, 0.2) is 0 Å². The first-order valence-corrected chi connectivity index (χ1v) is 7.36. The van der Waals surface area contributed by atoms with Crippen molar-refractivity contribution in [1.82, 2.24) is 10.2 Å². The minimum Gasteiger partial charge on any atom is -0.314 e. The lowest BCUT2D eigenvalue weighted by molar-refractivity contribution is 0.0840. The number of rotatable bonds is 3. The van der Waals surface area contributed by atoms with Crippen molar-refractivity contribution in [2.75, 3.05) is 26.2 Å². The molecule has 2 aliphatic rings. The molecule has 3 heteroatoms. The van der Waals surface area contributed by atoms with Crippen LogP contribution in [-0.2, 0) is 0 Å². The second kappa shape index (κ2) is 4.86. The van der Waals surface area contributed by atoms with E-state index < -0.39 is 0 Å². The van der Waals surface area contributed by atoms with Gasteiger partial charge in [0, 0.05) is 32.2 Å². The Labute approximate surface area is 102 Å². The fourth-order valence-corrected chi connectivity index (χ4v) is 3.63. The van der Waals surface area contributed by atoms with E-state index in [2.05, 4.69) is 27.0 Å². The van der Waals surface area contributed by atoms with Crippen LogP contribution < -0.4 is 5.32 Å². The number of hydrogen-bond acceptors (Lipinski definition) is 3. The molecule has 2 nitrogen and oxygen atoms in total. The van der Waals surface area contributed by atoms with Crippen LogP contribution in [0.4, 0.5) is 0 Å². The average Bonchev–Trinajstić information content (AvgIpc) is 2.77. The van der Waals surface area contributed by atoms with Gasteiger partial charge in [-0.05, 0) is 41.1 Å². The van der Waals surface area contributed by atoms with E-state index in [0.717, 1.165) is 19.0 Å². The third-order valence-corrected chi connectivity index (χ3v) is 4.73. The van der Waals surface area contributed by atoms with Gasteiger partial charge in [0.2, 0.25) is 0 Å². The molecule has 1 aromatic rings. The van der Waals surface area contributed by atoms with Gasteiger partial charge < -0.3 is 5.32 Å². The van der Waals surface area contributed by atoms with Crippen LogP contribution in [0.15, 0.2) is 16.8 Å². The lowest BCUT2D eigenvalue weighted by Gasteiger charge is -2.42. The van der Waals surface area contributed by atoms with Crippen molar-refractivity contribution in [1.29, 1.82) is 0 Å². The quantitative estimate of drug-likeness (QED) is 0.867. The van der Waals surface area contributed by atoms with Gasteiger partial charge in [-0.25, -0.2) is 0 Å². The molecular weight excluding hydrogens is 216 g/mol. The zero-order valence-corrected chi connectivity index (χ0v) is 10.5. The van der Waals surface area contributed by atoms with Gasteiger partial charge >= 0.3 is 0 Å². The fourth-order valence-electron chi connectivity index (χ4n) is 2.94. The average molecular weight is 236 g/mol. The van der Waals surface area contributed by atoms with E-state index >= 15 is 0 Å². The molecule has 0 unspecified atom stereocenters. The highest BCUT2D eigenvalue weighted by Crippen LogP contribution is 2.41. The van der Waals surface area contributed by atoms with E-state index in [1.54, 1.807) is 5.56 Å². The second-order valence-electron chi connectivity index (χ2n) is 4.98. The largest absolute Gasteiger partial charge is 0.314 e. The van der Waals surface area contributed by atoms with Gasteiger partial charge in [-0.1, -0.05) is 6.42 Å². The SMILES string of the molecule is c1cc([C@@H](C2CCC2)N2CCNCC2)cs1. The summed E-state index contributed by atoms with van der Waals surface area (Å²) in [5, 5.41) is 8.03. The Morgan fingerprint density at radius 2 is 2.12 bits per heavy atom. The van der Waals surface area contributed by atoms with Gasteiger partial charge in [0.25, 0.3) is 0 Å². The summed E-state index contributed by atoms with van der Waals surface area (Å²) >= 11 is 1.84. The number of thiophene rings is 1. The highest BCUT2D eigenvalue weighted by Gasteiger charge is 2.33. The fraction of sp³-hybridized carbons (Fsp3) is 0.692. The monoisotopic (exact) mass is 236 g/mol. The first-order chi connectivity index (χ1) is 7.95. The Balaban J connectivity index is 1.77. The molecule has 0 aromatic carbocycles. The molecule has 1 N–H and O–H groups in total. The van der Waals surface area contributed by atoms with Crippen LogP contribution in [0.5, 0.6) is 0 Å². The summed E-state index contributed by atoms with van der Waals surface area (Å²) in [6, 6.07) is 3.04. The van der Waals surface area contributed by atoms with Crippen LogP contribution in [0.1, 0.15) is 30.9 Å². The van der Waals surface area contributed by atoms with Crippen LogP contribution in [0.3, 0.4) is 0 Å². The number of nitrogens with one attached hydrogen (secondary N) is 1. The Kier molecular flexibility index (Phi) is 3.27. The predicted molar refractivity (Wildman–Crippen MR) is 68.8 cm³/mol. The van der Waals surface area contributed by atoms with Crippen molar-refractivity contribution in [2.45, 2.75) is 25.3 Å². The third kappa shape index (κ3) is 2.04. The number of nitrogens with zero attached hydrogens (tertiary/aromatic N) is 1. The van der Waals surface area contributed by atoms with Crippen LogP contribution in [0, 0.1) is 5.92 Å². The van der Waals surface area contributed by atoms with Crippen LogP contribution in [0.2, 0.25) is 0 Å². The van der Waals surface area contributed by atoms with Gasteiger partial charge in [-0.15, -0.1) is 0 Å². The molecule has 1 aliphatic carbocycles. The minimum absolute atomic E-state index is 0.710. The standard InChI is InChI=1S/C13H20N2S/c1-2-11(3-1)13(12-4-9-16-10-12)15-7-5-14-6-8-15/h4,9-11,13-14H,1-3,5-8H2/t13-/m1/s1. The normalized spacial score (nSPS) is 25.2. The smallest absolute Gasteiger partial charge is 0.0385 e. The number of hydrogen-bond donors (Lipinski definition) is 1. The highest BCUT2D eigenvalue weighted by atomic mass is 32.1. The molecular formula is C13H20N2S. The van der Waals surface area contributed by atoms with Crippen molar-refractivity contribution in [2.24, 2.45) is 5.92 Å². The van der Waals surface area contributed by atoms with E-state index in [1.165, 1.54) is 32.4 Å². The lowest BCUT2D eigenvalue weighted by atomic mass is 9.77. The Bertz CT molecular complexity index is 313. The summed E-state index contributed by atoms with van der Waals surface area (Å²) in [5.41, 5.74) is 1.57. The first kappa shape index (κ1) is 10.8. The molecule has 1 aliphatic heterocycles. The predicted octanol–water partition coefficient (Wildman–Crippen LogP) is 2.49. The van der Waals surface area contributed by atoms with E-state index in [9.17, 15) is 0 Å². The summed E-state index contributed by atoms with van der Waals surface area (Å²) in [7, 11) is 0. The van der Waals surface area contributed by atoms with Crippen molar-refractivity contribution < 1.29 is 0 Å². The van der Waals surface area contributed by atoms with Crippen molar-refractivity contribution in [3.8, 4) is 0 Å². The first-order valence-electron chi connectivity index (χ1n) is 6.42. The van der Waals surface area contributed by atoms with Crippen molar-refractivity contribution in [3.05, 3.63) is 22.4 Å². The molecule has 0 bridgehead atoms. The van der Waals surface area contributed by atoms with Gasteiger partial charge in [-0.3, -0.25) is 4.90 Å². The molecule has 16 heavy (non-hydrogen) atoms. The van der Waals surface area contributed by atoms with Crippen LogP contribution in [0.25, 0.3) is 0 Å². The molecule has 1 saturated carbocycles. The molecule has 0 spiro atoms. The molecule has 88 valence electrons. The summed E-state index contributed by atoms with van der Waals surface area (Å²) < 4.78 is 0. The summed E-state index contributed by atoms with van der Waals surface area (Å²) in [6.45, 7) is 4.76. The van der Waals surface area contributed by atoms with Gasteiger partial charge in [0.05, 0.1) is 0 Å². The summed E-state index contributed by atoms with van der Waals surface area (Å²) in [6.07, 6.45) is 4.31. The molecule has 0 amide bonds. The second-order valence-corrected chi connectivity index (χ2v) is 5.76. The Morgan fingerprint density at radius 3 is 2.69 bits per heavy atom. The highest BCUT2D eigenvalue weighted by molar-refractivity contribution is 7.07. The molecule has 3 rings (SSSR count). The topological polar surface area (TPSA) is 15.3 Å². The molecule has 1 saturated heterocycles. The Hall–Kier alpha value is -0.380. The molecule has 0 radical (unpaired) electrons. The van der Waals surface area contributed by atoms with Gasteiger partial charge in [0.1, 0.15) is 0 Å². The summed E-state index contributed by atoms with van der Waals surface area (Å²) in [5.74, 6) is 0.924. The lowest BCUT2D eigenvalue weighted by Crippen LogP contribution is -2.47. The zero-order chi connectivity index (χ0) is 10.8. The minimum atomic E-state index is 0.710. The van der Waals surface area contributed by atoms with E-state index in [1.807, 2.05) is 11.3 Å². The maximum atomic E-state index is 3.45. The van der Waals surface area contributed by atoms with Crippen molar-refractivity contribution >= 4 is 11.3 Å². The third-order valence-electron chi connectivity index (χ3n) is 4.03. The van der Waals surface area contributed by atoms with Crippen LogP contribution >= 0.6 is 11.3 Å². The molecule has 2 heterocycles. The van der Waals surface area contributed by atoms with E-state index in [4.69, 9.17) is 0 Å². The number of piperazine rings is 1. The van der Waals surface area contributed by atoms with E-state index in [-0.39, 0.29) is 0 Å². The zero-order valence-electron chi connectivity index (χ0n) is 9.69. The van der Waals surface area contributed by atoms with Crippen molar-refractivity contribution in [3.63, 3.8) is 0 Å². The maximum Gasteiger partial charge on any atom is 0.0385 e. The van der Waals surface area contributed by atoms with E-state index in [0.29, 0.717) is 6.04 Å². The molecule has 1 aromatic heterocycles. The maximum absolute atomic E-state index is 3.45. The Morgan fingerprint density at radius 1 is 1.31 bits per heavy atom. The van der Waals surface area contributed by atoms with Gasteiger partial charge in [-0.2, -0.15) is 11.3 Å². The molecule has 1 atom stereocenters. The summed E-state index contributed by atoms with van der Waals surface area (Å²) in [4.78, 5) is 2.70.